The Morgan fingerprint density at radius 2 is 1.65 bits per heavy atom. The summed E-state index contributed by atoms with van der Waals surface area (Å²) in [4.78, 5) is 0. The van der Waals surface area contributed by atoms with Gasteiger partial charge in [-0.3, -0.25) is 0 Å². The minimum absolute atomic E-state index is 0.530. The molecule has 0 radical (unpaired) electrons. The zero-order chi connectivity index (χ0) is 13.9. The number of benzene rings is 2. The van der Waals surface area contributed by atoms with Crippen molar-refractivity contribution in [3.8, 4) is 0 Å². The van der Waals surface area contributed by atoms with Crippen LogP contribution in [-0.2, 0) is 19.3 Å². The van der Waals surface area contributed by atoms with Crippen LogP contribution >= 0.6 is 11.6 Å². The molecule has 0 saturated carbocycles. The molecule has 0 aromatic heterocycles. The second kappa shape index (κ2) is 5.99. The molecule has 1 nitrogen and oxygen atoms in total. The Morgan fingerprint density at radius 3 is 2.35 bits per heavy atom. The van der Waals surface area contributed by atoms with Crippen LogP contribution in [0.1, 0.15) is 41.2 Å². The lowest BCUT2D eigenvalue weighted by Gasteiger charge is -2.20. The average Bonchev–Trinajstić information content (AvgIpc) is 2.47. The van der Waals surface area contributed by atoms with Gasteiger partial charge in [-0.1, -0.05) is 48.0 Å². The van der Waals surface area contributed by atoms with E-state index in [2.05, 4.69) is 12.1 Å². The number of aliphatic hydroxyl groups is 1. The molecule has 20 heavy (non-hydrogen) atoms. The third kappa shape index (κ3) is 2.89. The summed E-state index contributed by atoms with van der Waals surface area (Å²) in [7, 11) is 0. The molecule has 0 aliphatic heterocycles. The first-order chi connectivity index (χ1) is 9.74. The van der Waals surface area contributed by atoms with Gasteiger partial charge in [-0.25, -0.2) is 0 Å². The average molecular weight is 287 g/mol. The fourth-order valence-electron chi connectivity index (χ4n) is 2.98. The Balaban J connectivity index is 1.86. The molecule has 1 aliphatic carbocycles. The first-order valence-electron chi connectivity index (χ1n) is 7.27. The van der Waals surface area contributed by atoms with Crippen LogP contribution in [0.5, 0.6) is 0 Å². The first kappa shape index (κ1) is 13.7. The summed E-state index contributed by atoms with van der Waals surface area (Å²) in [5, 5.41) is 11.2. The van der Waals surface area contributed by atoms with Crippen molar-refractivity contribution < 1.29 is 5.11 Å². The van der Waals surface area contributed by atoms with Crippen LogP contribution in [0.2, 0.25) is 5.02 Å². The Bertz CT molecular complexity index is 592. The van der Waals surface area contributed by atoms with E-state index in [9.17, 15) is 5.11 Å². The molecular weight excluding hydrogens is 268 g/mol. The van der Waals surface area contributed by atoms with Gasteiger partial charge < -0.3 is 5.11 Å². The van der Waals surface area contributed by atoms with Crippen molar-refractivity contribution in [3.63, 3.8) is 0 Å². The van der Waals surface area contributed by atoms with E-state index in [0.29, 0.717) is 11.4 Å². The van der Waals surface area contributed by atoms with Crippen LogP contribution in [0.15, 0.2) is 42.5 Å². The fourth-order valence-corrected chi connectivity index (χ4v) is 3.29. The molecule has 1 unspecified atom stereocenters. The molecule has 0 amide bonds. The molecule has 0 heterocycles. The number of aliphatic hydroxyl groups excluding tert-OH is 1. The highest BCUT2D eigenvalue weighted by molar-refractivity contribution is 6.31. The monoisotopic (exact) mass is 286 g/mol. The summed E-state index contributed by atoms with van der Waals surface area (Å²) in [5.74, 6) is 0. The van der Waals surface area contributed by atoms with Crippen LogP contribution in [0.4, 0.5) is 0 Å². The molecular formula is C18H19ClO. The van der Waals surface area contributed by atoms with Gasteiger partial charge in [-0.15, -0.1) is 0 Å². The molecule has 1 N–H and O–H groups in total. The molecule has 0 fully saturated rings. The molecule has 1 aliphatic rings. The van der Waals surface area contributed by atoms with Crippen molar-refractivity contribution in [1.82, 2.24) is 0 Å². The molecule has 1 atom stereocenters. The quantitative estimate of drug-likeness (QED) is 0.881. The number of hydrogen-bond acceptors (Lipinski definition) is 1. The first-order valence-corrected chi connectivity index (χ1v) is 7.65. The smallest absolute Gasteiger partial charge is 0.0844 e. The SMILES string of the molecule is OC(Cc1ccccc1)c1cc2c(cc1Cl)CCCC2. The predicted octanol–water partition coefficient (Wildman–Crippen LogP) is 4.49. The largest absolute Gasteiger partial charge is 0.388 e. The zero-order valence-electron chi connectivity index (χ0n) is 11.5. The highest BCUT2D eigenvalue weighted by Gasteiger charge is 2.17. The zero-order valence-corrected chi connectivity index (χ0v) is 12.2. The maximum atomic E-state index is 10.5. The Hall–Kier alpha value is -1.31. The lowest BCUT2D eigenvalue weighted by Crippen LogP contribution is -2.08. The third-order valence-corrected chi connectivity index (χ3v) is 4.42. The van der Waals surface area contributed by atoms with E-state index in [-0.39, 0.29) is 0 Å². The minimum atomic E-state index is -0.530. The van der Waals surface area contributed by atoms with Crippen LogP contribution in [0, 0.1) is 0 Å². The molecule has 2 heteroatoms. The molecule has 2 aromatic rings. The summed E-state index contributed by atoms with van der Waals surface area (Å²) in [6, 6.07) is 14.2. The van der Waals surface area contributed by atoms with Gasteiger partial charge in [0, 0.05) is 11.4 Å². The van der Waals surface area contributed by atoms with Gasteiger partial charge in [0.05, 0.1) is 6.10 Å². The molecule has 2 aromatic carbocycles. The van der Waals surface area contributed by atoms with E-state index in [0.717, 1.165) is 24.0 Å². The van der Waals surface area contributed by atoms with Crippen LogP contribution in [0.25, 0.3) is 0 Å². The maximum Gasteiger partial charge on any atom is 0.0844 e. The van der Waals surface area contributed by atoms with E-state index in [1.807, 2.05) is 30.3 Å². The van der Waals surface area contributed by atoms with E-state index in [4.69, 9.17) is 11.6 Å². The molecule has 0 spiro atoms. The number of rotatable bonds is 3. The van der Waals surface area contributed by atoms with E-state index >= 15 is 0 Å². The second-order valence-corrected chi connectivity index (χ2v) is 5.96. The number of hydrogen-bond donors (Lipinski definition) is 1. The van der Waals surface area contributed by atoms with Crippen LogP contribution in [-0.4, -0.2) is 5.11 Å². The van der Waals surface area contributed by atoms with Gasteiger partial charge in [-0.2, -0.15) is 0 Å². The summed E-state index contributed by atoms with van der Waals surface area (Å²) < 4.78 is 0. The van der Waals surface area contributed by atoms with Crippen LogP contribution in [0.3, 0.4) is 0 Å². The fraction of sp³-hybridized carbons (Fsp3) is 0.333. The summed E-state index contributed by atoms with van der Waals surface area (Å²) in [5.41, 5.74) is 4.73. The van der Waals surface area contributed by atoms with Gasteiger partial charge in [0.25, 0.3) is 0 Å². The highest BCUT2D eigenvalue weighted by atomic mass is 35.5. The Kier molecular flexibility index (Phi) is 4.09. The lowest BCUT2D eigenvalue weighted by atomic mass is 9.88. The van der Waals surface area contributed by atoms with E-state index < -0.39 is 6.10 Å². The lowest BCUT2D eigenvalue weighted by molar-refractivity contribution is 0.178. The molecule has 104 valence electrons. The van der Waals surface area contributed by atoms with Crippen molar-refractivity contribution in [1.29, 1.82) is 0 Å². The number of halogens is 1. The molecule has 0 bridgehead atoms. The Morgan fingerprint density at radius 1 is 1.00 bits per heavy atom. The molecule has 0 saturated heterocycles. The number of aryl methyl sites for hydroxylation is 2. The topological polar surface area (TPSA) is 20.2 Å². The Labute approximate surface area is 125 Å². The third-order valence-electron chi connectivity index (χ3n) is 4.09. The van der Waals surface area contributed by atoms with E-state index in [1.165, 1.54) is 24.0 Å². The van der Waals surface area contributed by atoms with Crippen molar-refractivity contribution >= 4 is 11.6 Å². The van der Waals surface area contributed by atoms with E-state index in [1.54, 1.807) is 0 Å². The van der Waals surface area contributed by atoms with Gasteiger partial charge in [0.1, 0.15) is 0 Å². The highest BCUT2D eigenvalue weighted by Crippen LogP contribution is 2.32. The van der Waals surface area contributed by atoms with Crippen molar-refractivity contribution in [2.45, 2.75) is 38.2 Å². The van der Waals surface area contributed by atoms with Gasteiger partial charge in [-0.05, 0) is 54.0 Å². The minimum Gasteiger partial charge on any atom is -0.388 e. The normalized spacial score (nSPS) is 15.7. The second-order valence-electron chi connectivity index (χ2n) is 5.56. The van der Waals surface area contributed by atoms with Crippen molar-refractivity contribution in [2.24, 2.45) is 0 Å². The maximum absolute atomic E-state index is 10.5. The van der Waals surface area contributed by atoms with Gasteiger partial charge >= 0.3 is 0 Å². The molecule has 3 rings (SSSR count). The van der Waals surface area contributed by atoms with Crippen LogP contribution < -0.4 is 0 Å². The summed E-state index contributed by atoms with van der Waals surface area (Å²) in [6.07, 6.45) is 4.79. The summed E-state index contributed by atoms with van der Waals surface area (Å²) >= 11 is 6.36. The summed E-state index contributed by atoms with van der Waals surface area (Å²) in [6.45, 7) is 0. The van der Waals surface area contributed by atoms with Crippen molar-refractivity contribution in [2.75, 3.05) is 0 Å². The van der Waals surface area contributed by atoms with Gasteiger partial charge in [0.15, 0.2) is 0 Å². The predicted molar refractivity (Wildman–Crippen MR) is 83.2 cm³/mol. The van der Waals surface area contributed by atoms with Crippen molar-refractivity contribution in [3.05, 3.63) is 69.7 Å². The number of fused-ring (bicyclic) bond motifs is 1. The standard InChI is InChI=1S/C18H19ClO/c19-17-12-15-9-5-4-8-14(15)11-16(17)18(20)10-13-6-2-1-3-7-13/h1-3,6-7,11-12,18,20H,4-5,8-10H2. The van der Waals surface area contributed by atoms with Gasteiger partial charge in [0.2, 0.25) is 0 Å².